The van der Waals surface area contributed by atoms with E-state index >= 15 is 0 Å². The van der Waals surface area contributed by atoms with Crippen molar-refractivity contribution in [2.75, 3.05) is 26.7 Å². The van der Waals surface area contributed by atoms with Crippen LogP contribution >= 0.6 is 15.9 Å². The third-order valence-electron chi connectivity index (χ3n) is 5.87. The van der Waals surface area contributed by atoms with Crippen LogP contribution < -0.4 is 0 Å². The minimum atomic E-state index is 0.154. The predicted octanol–water partition coefficient (Wildman–Crippen LogP) is 4.48. The maximum atomic E-state index is 12.5. The van der Waals surface area contributed by atoms with Crippen molar-refractivity contribution in [3.8, 4) is 5.69 Å². The highest BCUT2D eigenvalue weighted by Gasteiger charge is 2.27. The molecule has 0 aliphatic carbocycles. The highest BCUT2D eigenvalue weighted by atomic mass is 79.9. The molecule has 1 fully saturated rings. The van der Waals surface area contributed by atoms with Gasteiger partial charge in [-0.25, -0.2) is 4.98 Å². The third-order valence-corrected chi connectivity index (χ3v) is 6.40. The summed E-state index contributed by atoms with van der Waals surface area (Å²) in [5.41, 5.74) is 3.26. The van der Waals surface area contributed by atoms with Crippen molar-refractivity contribution in [2.24, 2.45) is 5.92 Å². The molecule has 0 radical (unpaired) electrons. The number of rotatable bonds is 5. The SMILES string of the molecule is CCN(C)C(=O)C1CCN(Cc2nc3ccccc3n2-c2ccc(Br)cc2)CC1. The van der Waals surface area contributed by atoms with Crippen LogP contribution in [0.4, 0.5) is 0 Å². The van der Waals surface area contributed by atoms with E-state index in [1.165, 1.54) is 0 Å². The number of fused-ring (bicyclic) bond motifs is 1. The first kappa shape index (κ1) is 20.1. The van der Waals surface area contributed by atoms with Crippen LogP contribution in [-0.4, -0.2) is 51.9 Å². The molecule has 1 aliphatic rings. The summed E-state index contributed by atoms with van der Waals surface area (Å²) in [6, 6.07) is 16.7. The van der Waals surface area contributed by atoms with E-state index in [9.17, 15) is 4.79 Å². The lowest BCUT2D eigenvalue weighted by Gasteiger charge is -2.32. The van der Waals surface area contributed by atoms with Gasteiger partial charge in [0.15, 0.2) is 0 Å². The molecular formula is C23H27BrN4O. The fourth-order valence-corrected chi connectivity index (χ4v) is 4.33. The molecule has 29 heavy (non-hydrogen) atoms. The summed E-state index contributed by atoms with van der Waals surface area (Å²) in [5, 5.41) is 0. The molecule has 1 amide bonds. The minimum absolute atomic E-state index is 0.154. The number of piperidine rings is 1. The number of amides is 1. The first-order valence-corrected chi connectivity index (χ1v) is 11.1. The molecule has 6 heteroatoms. The zero-order valence-electron chi connectivity index (χ0n) is 17.0. The number of benzene rings is 2. The molecule has 0 saturated carbocycles. The lowest BCUT2D eigenvalue weighted by molar-refractivity contribution is -0.135. The van der Waals surface area contributed by atoms with E-state index in [-0.39, 0.29) is 11.8 Å². The summed E-state index contributed by atoms with van der Waals surface area (Å²) in [7, 11) is 1.90. The molecule has 1 aliphatic heterocycles. The van der Waals surface area contributed by atoms with E-state index in [2.05, 4.69) is 67.9 Å². The van der Waals surface area contributed by atoms with Gasteiger partial charge in [-0.05, 0) is 69.3 Å². The van der Waals surface area contributed by atoms with Gasteiger partial charge in [0.25, 0.3) is 0 Å². The topological polar surface area (TPSA) is 41.4 Å². The van der Waals surface area contributed by atoms with Crippen LogP contribution in [0, 0.1) is 5.92 Å². The lowest BCUT2D eigenvalue weighted by atomic mass is 9.95. The van der Waals surface area contributed by atoms with E-state index in [0.29, 0.717) is 0 Å². The Balaban J connectivity index is 1.55. The molecule has 0 spiro atoms. The van der Waals surface area contributed by atoms with E-state index in [0.717, 1.165) is 66.0 Å². The number of halogens is 1. The summed E-state index contributed by atoms with van der Waals surface area (Å²) in [5.74, 6) is 1.49. The third kappa shape index (κ3) is 4.23. The number of aromatic nitrogens is 2. The summed E-state index contributed by atoms with van der Waals surface area (Å²) in [6.45, 7) is 5.44. The molecule has 152 valence electrons. The first-order valence-electron chi connectivity index (χ1n) is 10.3. The number of para-hydroxylation sites is 2. The number of carbonyl (C=O) groups excluding carboxylic acids is 1. The Bertz CT molecular complexity index is 990. The van der Waals surface area contributed by atoms with Crippen molar-refractivity contribution in [3.63, 3.8) is 0 Å². The van der Waals surface area contributed by atoms with Crippen molar-refractivity contribution in [1.82, 2.24) is 19.4 Å². The molecule has 1 saturated heterocycles. The van der Waals surface area contributed by atoms with Crippen molar-refractivity contribution in [2.45, 2.75) is 26.3 Å². The number of imidazole rings is 1. The number of hydrogen-bond acceptors (Lipinski definition) is 3. The van der Waals surface area contributed by atoms with E-state index in [4.69, 9.17) is 4.98 Å². The molecule has 0 N–H and O–H groups in total. The van der Waals surface area contributed by atoms with Crippen molar-refractivity contribution < 1.29 is 4.79 Å². The quantitative estimate of drug-likeness (QED) is 0.570. The first-order chi connectivity index (χ1) is 14.1. The number of likely N-dealkylation sites (tertiary alicyclic amines) is 1. The van der Waals surface area contributed by atoms with Gasteiger partial charge < -0.3 is 4.90 Å². The standard InChI is InChI=1S/C23H27BrN4O/c1-3-26(2)23(29)17-12-14-27(15-13-17)16-22-25-20-6-4-5-7-21(20)28(22)19-10-8-18(24)9-11-19/h4-11,17H,3,12-16H2,1-2H3. The van der Waals surface area contributed by atoms with Gasteiger partial charge in [-0.2, -0.15) is 0 Å². The highest BCUT2D eigenvalue weighted by Crippen LogP contribution is 2.26. The second-order valence-electron chi connectivity index (χ2n) is 7.73. The molecule has 2 heterocycles. The van der Waals surface area contributed by atoms with Crippen LogP contribution in [0.1, 0.15) is 25.6 Å². The number of hydrogen-bond donors (Lipinski definition) is 0. The predicted molar refractivity (Wildman–Crippen MR) is 120 cm³/mol. The average Bonchev–Trinajstić information content (AvgIpc) is 3.11. The Morgan fingerprint density at radius 2 is 1.83 bits per heavy atom. The lowest BCUT2D eigenvalue weighted by Crippen LogP contribution is -2.41. The average molecular weight is 455 g/mol. The van der Waals surface area contributed by atoms with Gasteiger partial charge in [-0.15, -0.1) is 0 Å². The maximum absolute atomic E-state index is 12.5. The van der Waals surface area contributed by atoms with Gasteiger partial charge in [0, 0.05) is 29.7 Å². The van der Waals surface area contributed by atoms with Crippen LogP contribution in [0.2, 0.25) is 0 Å². The summed E-state index contributed by atoms with van der Waals surface area (Å²) < 4.78 is 3.32. The van der Waals surface area contributed by atoms with Crippen LogP contribution in [0.15, 0.2) is 53.0 Å². The van der Waals surface area contributed by atoms with E-state index in [1.54, 1.807) is 0 Å². The Labute approximate surface area is 180 Å². The van der Waals surface area contributed by atoms with Gasteiger partial charge in [-0.1, -0.05) is 28.1 Å². The molecule has 1 aromatic heterocycles. The second-order valence-corrected chi connectivity index (χ2v) is 8.65. The van der Waals surface area contributed by atoms with Crippen molar-refractivity contribution >= 4 is 32.9 Å². The Hall–Kier alpha value is -2.18. The fraction of sp³-hybridized carbons (Fsp3) is 0.391. The molecule has 4 rings (SSSR count). The Morgan fingerprint density at radius 1 is 1.14 bits per heavy atom. The van der Waals surface area contributed by atoms with Crippen LogP contribution in [-0.2, 0) is 11.3 Å². The summed E-state index contributed by atoms with van der Waals surface area (Å²) in [6.07, 6.45) is 1.84. The molecule has 3 aromatic rings. The minimum Gasteiger partial charge on any atom is -0.346 e. The Kier molecular flexibility index (Phi) is 6.01. The zero-order valence-corrected chi connectivity index (χ0v) is 18.6. The Morgan fingerprint density at radius 3 is 2.52 bits per heavy atom. The smallest absolute Gasteiger partial charge is 0.225 e. The molecule has 0 unspecified atom stereocenters. The van der Waals surface area contributed by atoms with Gasteiger partial charge in [0.05, 0.1) is 17.6 Å². The second kappa shape index (κ2) is 8.67. The van der Waals surface area contributed by atoms with Crippen molar-refractivity contribution in [1.29, 1.82) is 0 Å². The zero-order chi connectivity index (χ0) is 20.4. The normalized spacial score (nSPS) is 15.7. The van der Waals surface area contributed by atoms with Crippen LogP contribution in [0.3, 0.4) is 0 Å². The summed E-state index contributed by atoms with van der Waals surface area (Å²) >= 11 is 3.53. The number of nitrogens with zero attached hydrogens (tertiary/aromatic N) is 4. The molecule has 5 nitrogen and oxygen atoms in total. The molecular weight excluding hydrogens is 428 g/mol. The van der Waals surface area contributed by atoms with E-state index < -0.39 is 0 Å². The monoisotopic (exact) mass is 454 g/mol. The van der Waals surface area contributed by atoms with Gasteiger partial charge in [0.1, 0.15) is 5.82 Å². The van der Waals surface area contributed by atoms with Gasteiger partial charge in [-0.3, -0.25) is 14.3 Å². The fourth-order valence-electron chi connectivity index (χ4n) is 4.07. The van der Waals surface area contributed by atoms with Gasteiger partial charge in [0.2, 0.25) is 5.91 Å². The van der Waals surface area contributed by atoms with Crippen LogP contribution in [0.25, 0.3) is 16.7 Å². The van der Waals surface area contributed by atoms with E-state index in [1.807, 2.05) is 24.9 Å². The maximum Gasteiger partial charge on any atom is 0.225 e. The summed E-state index contributed by atoms with van der Waals surface area (Å²) in [4.78, 5) is 21.7. The number of carbonyl (C=O) groups is 1. The van der Waals surface area contributed by atoms with Gasteiger partial charge >= 0.3 is 0 Å². The largest absolute Gasteiger partial charge is 0.346 e. The molecule has 0 atom stereocenters. The molecule has 2 aromatic carbocycles. The highest BCUT2D eigenvalue weighted by molar-refractivity contribution is 9.10. The van der Waals surface area contributed by atoms with Crippen molar-refractivity contribution in [3.05, 3.63) is 58.8 Å². The van der Waals surface area contributed by atoms with Crippen LogP contribution in [0.5, 0.6) is 0 Å². The molecule has 0 bridgehead atoms.